The largest absolute Gasteiger partial charge is 0.438 e. The van der Waals surface area contributed by atoms with E-state index in [0.717, 1.165) is 52.2 Å². The van der Waals surface area contributed by atoms with Gasteiger partial charge in [0.1, 0.15) is 23.6 Å². The summed E-state index contributed by atoms with van der Waals surface area (Å²) in [5.41, 5.74) is 4.69. The molecule has 0 radical (unpaired) electrons. The number of hydrogen-bond acceptors (Lipinski definition) is 4. The van der Waals surface area contributed by atoms with Crippen LogP contribution in [0.1, 0.15) is 27.2 Å². The van der Waals surface area contributed by atoms with Crippen LogP contribution in [0.2, 0.25) is 0 Å². The molecule has 0 saturated heterocycles. The molecule has 162 valence electrons. The molecule has 0 unspecified atom stereocenters. The van der Waals surface area contributed by atoms with Crippen molar-refractivity contribution in [3.05, 3.63) is 79.0 Å². The molecule has 5 nitrogen and oxygen atoms in total. The predicted octanol–water partition coefficient (Wildman–Crippen LogP) is 7.00. The first-order valence-corrected chi connectivity index (χ1v) is 10.9. The molecule has 0 aliphatic rings. The fourth-order valence-electron chi connectivity index (χ4n) is 3.57. The highest BCUT2D eigenvalue weighted by atomic mass is 19.1. The van der Waals surface area contributed by atoms with Crippen LogP contribution in [-0.4, -0.2) is 19.7 Å². The van der Waals surface area contributed by atoms with Gasteiger partial charge in [-0.05, 0) is 36.8 Å². The Labute approximate surface area is 186 Å². The van der Waals surface area contributed by atoms with Gasteiger partial charge in [-0.1, -0.05) is 51.1 Å². The Morgan fingerprint density at radius 3 is 2.38 bits per heavy atom. The van der Waals surface area contributed by atoms with Crippen molar-refractivity contribution in [2.75, 3.05) is 0 Å². The van der Waals surface area contributed by atoms with Crippen molar-refractivity contribution in [2.24, 2.45) is 0 Å². The minimum atomic E-state index is -0.278. The zero-order valence-corrected chi connectivity index (χ0v) is 18.4. The van der Waals surface area contributed by atoms with E-state index >= 15 is 0 Å². The first-order valence-electron chi connectivity index (χ1n) is 10.9. The summed E-state index contributed by atoms with van der Waals surface area (Å²) in [7, 11) is 0. The number of aryl methyl sites for hydroxylation is 1. The smallest absolute Gasteiger partial charge is 0.230 e. The second-order valence-electron chi connectivity index (χ2n) is 7.08. The van der Waals surface area contributed by atoms with Crippen LogP contribution in [0.4, 0.5) is 4.39 Å². The molecule has 5 rings (SSSR count). The molecule has 0 N–H and O–H groups in total. The van der Waals surface area contributed by atoms with Gasteiger partial charge in [0.25, 0.3) is 0 Å². The lowest BCUT2D eigenvalue weighted by molar-refractivity contribution is 0.604. The van der Waals surface area contributed by atoms with E-state index in [9.17, 15) is 4.39 Å². The number of aromatic nitrogens is 4. The fraction of sp³-hybridized carbons (Fsp3) is 0.192. The Morgan fingerprint density at radius 2 is 1.66 bits per heavy atom. The summed E-state index contributed by atoms with van der Waals surface area (Å²) in [6, 6.07) is 18.2. The van der Waals surface area contributed by atoms with Crippen LogP contribution < -0.4 is 0 Å². The Kier molecular flexibility index (Phi) is 6.40. The highest BCUT2D eigenvalue weighted by Crippen LogP contribution is 2.36. The van der Waals surface area contributed by atoms with Crippen molar-refractivity contribution in [3.63, 3.8) is 0 Å². The molecule has 6 heteroatoms. The lowest BCUT2D eigenvalue weighted by Gasteiger charge is -2.03. The van der Waals surface area contributed by atoms with E-state index in [0.29, 0.717) is 5.71 Å². The SMILES string of the molecule is CC.CCCn1cc(-c2ncnc3oc(-c4ccccc4)cc23)c(-c2ccc(F)cc2)n1. The molecular formula is C26H25FN4O. The molecule has 0 bridgehead atoms. The molecule has 3 heterocycles. The van der Waals surface area contributed by atoms with E-state index in [2.05, 4.69) is 16.9 Å². The number of rotatable bonds is 5. The molecule has 0 fully saturated rings. The second-order valence-corrected chi connectivity index (χ2v) is 7.08. The summed E-state index contributed by atoms with van der Waals surface area (Å²) in [6.45, 7) is 6.88. The number of nitrogens with zero attached hydrogens (tertiary/aromatic N) is 4. The summed E-state index contributed by atoms with van der Waals surface area (Å²) in [6.07, 6.45) is 4.44. The maximum atomic E-state index is 13.5. The maximum absolute atomic E-state index is 13.5. The number of benzene rings is 2. The van der Waals surface area contributed by atoms with Crippen LogP contribution in [0, 0.1) is 5.82 Å². The van der Waals surface area contributed by atoms with Crippen LogP contribution in [0.15, 0.2) is 77.6 Å². The third-order valence-corrected chi connectivity index (χ3v) is 4.97. The van der Waals surface area contributed by atoms with E-state index in [4.69, 9.17) is 9.52 Å². The Morgan fingerprint density at radius 1 is 0.906 bits per heavy atom. The van der Waals surface area contributed by atoms with E-state index in [-0.39, 0.29) is 5.82 Å². The zero-order valence-electron chi connectivity index (χ0n) is 18.4. The summed E-state index contributed by atoms with van der Waals surface area (Å²) in [4.78, 5) is 8.88. The van der Waals surface area contributed by atoms with Crippen molar-refractivity contribution in [1.29, 1.82) is 0 Å². The van der Waals surface area contributed by atoms with Crippen LogP contribution in [0.3, 0.4) is 0 Å². The first kappa shape index (κ1) is 21.4. The van der Waals surface area contributed by atoms with Gasteiger partial charge in [-0.3, -0.25) is 4.68 Å². The lowest BCUT2D eigenvalue weighted by atomic mass is 10.0. The van der Waals surface area contributed by atoms with E-state index in [1.807, 2.05) is 61.1 Å². The van der Waals surface area contributed by atoms with Gasteiger partial charge in [0.05, 0.1) is 11.1 Å². The quantitative estimate of drug-likeness (QED) is 0.302. The minimum Gasteiger partial charge on any atom is -0.438 e. The Balaban J connectivity index is 0.00000119. The molecule has 3 aromatic heterocycles. The van der Waals surface area contributed by atoms with E-state index in [1.165, 1.54) is 18.5 Å². The molecule has 0 saturated carbocycles. The first-order chi connectivity index (χ1) is 15.7. The predicted molar refractivity (Wildman–Crippen MR) is 125 cm³/mol. The van der Waals surface area contributed by atoms with E-state index < -0.39 is 0 Å². The highest BCUT2D eigenvalue weighted by molar-refractivity contribution is 5.95. The van der Waals surface area contributed by atoms with Crippen molar-refractivity contribution < 1.29 is 8.81 Å². The monoisotopic (exact) mass is 428 g/mol. The van der Waals surface area contributed by atoms with Crippen LogP contribution in [0.25, 0.3) is 44.9 Å². The molecule has 0 amide bonds. The Bertz CT molecular complexity index is 1310. The van der Waals surface area contributed by atoms with Crippen molar-refractivity contribution >= 4 is 11.1 Å². The van der Waals surface area contributed by atoms with Crippen molar-refractivity contribution in [1.82, 2.24) is 19.7 Å². The molecule has 0 atom stereocenters. The number of fused-ring (bicyclic) bond motifs is 1. The van der Waals surface area contributed by atoms with Crippen molar-refractivity contribution in [2.45, 2.75) is 33.7 Å². The summed E-state index contributed by atoms with van der Waals surface area (Å²) < 4.78 is 21.4. The van der Waals surface area contributed by atoms with Crippen LogP contribution in [0.5, 0.6) is 0 Å². The normalized spacial score (nSPS) is 10.8. The van der Waals surface area contributed by atoms with Gasteiger partial charge < -0.3 is 4.42 Å². The second kappa shape index (κ2) is 9.56. The Hall–Kier alpha value is -3.80. The van der Waals surface area contributed by atoms with Crippen molar-refractivity contribution in [3.8, 4) is 33.8 Å². The zero-order chi connectivity index (χ0) is 22.5. The molecular weight excluding hydrogens is 403 g/mol. The number of hydrogen-bond donors (Lipinski definition) is 0. The average Bonchev–Trinajstić information content (AvgIpc) is 3.46. The number of halogens is 1. The molecule has 0 aliphatic heterocycles. The summed E-state index contributed by atoms with van der Waals surface area (Å²) in [5, 5.41) is 5.57. The van der Waals surface area contributed by atoms with E-state index in [1.54, 1.807) is 12.1 Å². The van der Waals surface area contributed by atoms with Crippen LogP contribution in [-0.2, 0) is 6.54 Å². The summed E-state index contributed by atoms with van der Waals surface area (Å²) in [5.74, 6) is 0.455. The minimum absolute atomic E-state index is 0.278. The summed E-state index contributed by atoms with van der Waals surface area (Å²) >= 11 is 0. The number of furan rings is 1. The molecule has 5 aromatic rings. The third kappa shape index (κ3) is 4.17. The standard InChI is InChI=1S/C24H19FN4O.C2H6/c1-2-12-29-14-20(22(28-29)17-8-10-18(25)11-9-17)23-19-13-21(16-6-4-3-5-7-16)30-24(19)27-15-26-23;1-2/h3-11,13-15H,2,12H2,1H3;1-2H3. The third-order valence-electron chi connectivity index (χ3n) is 4.97. The maximum Gasteiger partial charge on any atom is 0.230 e. The topological polar surface area (TPSA) is 56.7 Å². The molecule has 32 heavy (non-hydrogen) atoms. The van der Waals surface area contributed by atoms with Gasteiger partial charge in [0.15, 0.2) is 0 Å². The van der Waals surface area contributed by atoms with Gasteiger partial charge in [0, 0.05) is 29.4 Å². The van der Waals surface area contributed by atoms with Crippen LogP contribution >= 0.6 is 0 Å². The molecule has 2 aromatic carbocycles. The molecule has 0 spiro atoms. The van der Waals surface area contributed by atoms with Gasteiger partial charge in [-0.25, -0.2) is 14.4 Å². The van der Waals surface area contributed by atoms with Gasteiger partial charge in [-0.15, -0.1) is 0 Å². The lowest BCUT2D eigenvalue weighted by Crippen LogP contribution is -1.96. The average molecular weight is 429 g/mol. The van der Waals surface area contributed by atoms with Gasteiger partial charge >= 0.3 is 0 Å². The van der Waals surface area contributed by atoms with Gasteiger partial charge in [-0.2, -0.15) is 5.10 Å². The van der Waals surface area contributed by atoms with Gasteiger partial charge in [0.2, 0.25) is 5.71 Å². The molecule has 0 aliphatic carbocycles. The fourth-order valence-corrected chi connectivity index (χ4v) is 3.57. The highest BCUT2D eigenvalue weighted by Gasteiger charge is 2.19.